The summed E-state index contributed by atoms with van der Waals surface area (Å²) in [6.45, 7) is 6.68. The number of hydrogen-bond acceptors (Lipinski definition) is 3. The lowest BCUT2D eigenvalue weighted by Crippen LogP contribution is -2.57. The van der Waals surface area contributed by atoms with Gasteiger partial charge in [-0.05, 0) is 17.5 Å². The molecule has 0 aliphatic carbocycles. The molecule has 1 aromatic rings. The first-order chi connectivity index (χ1) is 11.1. The monoisotopic (exact) mass is 339 g/mol. The molecule has 0 bridgehead atoms. The minimum absolute atomic E-state index is 0.174. The molecule has 1 saturated heterocycles. The summed E-state index contributed by atoms with van der Waals surface area (Å²) in [4.78, 5) is 27.7. The third kappa shape index (κ3) is 3.72. The first-order valence-corrected chi connectivity index (χ1v) is 7.90. The first kappa shape index (κ1) is 18.3. The topological polar surface area (TPSA) is 66.6 Å². The van der Waals surface area contributed by atoms with E-state index >= 15 is 0 Å². The molecule has 132 valence electrons. The molecule has 1 aromatic carbocycles. The Morgan fingerprint density at radius 2 is 1.50 bits per heavy atom. The van der Waals surface area contributed by atoms with E-state index in [0.29, 0.717) is 13.1 Å². The van der Waals surface area contributed by atoms with Gasteiger partial charge >= 0.3 is 0 Å². The van der Waals surface area contributed by atoms with Crippen molar-refractivity contribution in [1.82, 2.24) is 9.80 Å². The fraction of sp³-hybridized carbons (Fsp3) is 0.529. The normalized spacial score (nSPS) is 16.9. The molecule has 1 atom stereocenters. The summed E-state index contributed by atoms with van der Waals surface area (Å²) in [5.41, 5.74) is 5.07. The van der Waals surface area contributed by atoms with Crippen molar-refractivity contribution in [2.45, 2.75) is 26.8 Å². The predicted octanol–water partition coefficient (Wildman–Crippen LogP) is 1.62. The Kier molecular flexibility index (Phi) is 5.22. The zero-order chi connectivity index (χ0) is 18.1. The molecular formula is C17H23F2N3O2. The van der Waals surface area contributed by atoms with E-state index in [2.05, 4.69) is 0 Å². The summed E-state index contributed by atoms with van der Waals surface area (Å²) >= 11 is 0. The minimum atomic E-state index is -0.881. The molecule has 0 aromatic heterocycles. The summed E-state index contributed by atoms with van der Waals surface area (Å²) in [6.07, 6.45) is 0. The van der Waals surface area contributed by atoms with Crippen molar-refractivity contribution < 1.29 is 18.4 Å². The lowest BCUT2D eigenvalue weighted by atomic mass is 9.86. The second-order valence-electron chi connectivity index (χ2n) is 7.06. The van der Waals surface area contributed by atoms with E-state index < -0.39 is 29.1 Å². The molecule has 1 aliphatic heterocycles. The number of piperazine rings is 1. The number of carbonyl (C=O) groups excluding carboxylic acids is 2. The summed E-state index contributed by atoms with van der Waals surface area (Å²) in [6, 6.07) is 2.69. The van der Waals surface area contributed by atoms with E-state index in [9.17, 15) is 18.4 Å². The Labute approximate surface area is 140 Å². The molecule has 24 heavy (non-hydrogen) atoms. The van der Waals surface area contributed by atoms with Gasteiger partial charge in [0.15, 0.2) is 0 Å². The summed E-state index contributed by atoms with van der Waals surface area (Å²) in [5, 5.41) is 0. The number of nitrogens with two attached hydrogens (primary N) is 1. The SMILES string of the molecule is CC(C)(C)[C@H](N)C(=O)N1CCN(C(=O)c2c(F)cccc2F)CC1. The zero-order valence-corrected chi connectivity index (χ0v) is 14.2. The third-order valence-electron chi connectivity index (χ3n) is 4.25. The Bertz CT molecular complexity index is 615. The van der Waals surface area contributed by atoms with Crippen molar-refractivity contribution in [2.24, 2.45) is 11.1 Å². The molecule has 0 radical (unpaired) electrons. The van der Waals surface area contributed by atoms with Crippen LogP contribution in [0.4, 0.5) is 8.78 Å². The second kappa shape index (κ2) is 6.84. The maximum Gasteiger partial charge on any atom is 0.259 e. The quantitative estimate of drug-likeness (QED) is 0.890. The van der Waals surface area contributed by atoms with Crippen molar-refractivity contribution in [2.75, 3.05) is 26.2 Å². The molecule has 1 aliphatic rings. The van der Waals surface area contributed by atoms with Gasteiger partial charge in [0.2, 0.25) is 5.91 Å². The maximum atomic E-state index is 13.7. The summed E-state index contributed by atoms with van der Waals surface area (Å²) in [7, 11) is 0. The average molecular weight is 339 g/mol. The largest absolute Gasteiger partial charge is 0.338 e. The average Bonchev–Trinajstić information content (AvgIpc) is 2.52. The van der Waals surface area contributed by atoms with Gasteiger partial charge < -0.3 is 15.5 Å². The van der Waals surface area contributed by atoms with Gasteiger partial charge in [0.25, 0.3) is 5.91 Å². The molecule has 1 heterocycles. The Hall–Kier alpha value is -2.02. The van der Waals surface area contributed by atoms with Crippen LogP contribution in [0.15, 0.2) is 18.2 Å². The van der Waals surface area contributed by atoms with Crippen LogP contribution in [0.25, 0.3) is 0 Å². The smallest absolute Gasteiger partial charge is 0.259 e. The third-order valence-corrected chi connectivity index (χ3v) is 4.25. The standard InChI is InChI=1S/C17H23F2N3O2/c1-17(2,3)14(20)16(24)22-9-7-21(8-10-22)15(23)13-11(18)5-4-6-12(13)19/h4-6,14H,7-10,20H2,1-3H3/t14-/m1/s1. The summed E-state index contributed by atoms with van der Waals surface area (Å²) < 4.78 is 27.5. The Morgan fingerprint density at radius 3 is 1.96 bits per heavy atom. The molecule has 2 amide bonds. The van der Waals surface area contributed by atoms with Crippen molar-refractivity contribution in [3.63, 3.8) is 0 Å². The number of nitrogens with zero attached hydrogens (tertiary/aromatic N) is 2. The molecule has 0 saturated carbocycles. The molecule has 0 unspecified atom stereocenters. The number of amides is 2. The van der Waals surface area contributed by atoms with Gasteiger partial charge in [-0.3, -0.25) is 9.59 Å². The number of rotatable bonds is 2. The van der Waals surface area contributed by atoms with E-state index in [1.54, 1.807) is 4.90 Å². The maximum absolute atomic E-state index is 13.7. The van der Waals surface area contributed by atoms with Crippen LogP contribution in [0, 0.1) is 17.0 Å². The van der Waals surface area contributed by atoms with Gasteiger partial charge in [-0.2, -0.15) is 0 Å². The zero-order valence-electron chi connectivity index (χ0n) is 14.2. The summed E-state index contributed by atoms with van der Waals surface area (Å²) in [5.74, 6) is -2.63. The first-order valence-electron chi connectivity index (χ1n) is 7.90. The lowest BCUT2D eigenvalue weighted by molar-refractivity contribution is -0.136. The second-order valence-corrected chi connectivity index (χ2v) is 7.06. The molecule has 2 N–H and O–H groups in total. The van der Waals surface area contributed by atoms with Gasteiger partial charge in [-0.25, -0.2) is 8.78 Å². The van der Waals surface area contributed by atoms with Crippen LogP contribution in [0.3, 0.4) is 0 Å². The highest BCUT2D eigenvalue weighted by atomic mass is 19.1. The number of carbonyl (C=O) groups is 2. The number of hydrogen-bond donors (Lipinski definition) is 1. The van der Waals surface area contributed by atoms with Crippen LogP contribution >= 0.6 is 0 Å². The van der Waals surface area contributed by atoms with Crippen LogP contribution in [0.2, 0.25) is 0 Å². The van der Waals surface area contributed by atoms with Crippen LogP contribution < -0.4 is 5.73 Å². The number of benzene rings is 1. The minimum Gasteiger partial charge on any atom is -0.338 e. The van der Waals surface area contributed by atoms with Crippen LogP contribution in [-0.4, -0.2) is 53.8 Å². The highest BCUT2D eigenvalue weighted by Crippen LogP contribution is 2.21. The highest BCUT2D eigenvalue weighted by molar-refractivity contribution is 5.95. The van der Waals surface area contributed by atoms with Gasteiger partial charge in [0, 0.05) is 26.2 Å². The van der Waals surface area contributed by atoms with Crippen molar-refractivity contribution in [3.8, 4) is 0 Å². The molecule has 2 rings (SSSR count). The van der Waals surface area contributed by atoms with E-state index in [1.165, 1.54) is 11.0 Å². The van der Waals surface area contributed by atoms with E-state index in [1.807, 2.05) is 20.8 Å². The van der Waals surface area contributed by atoms with Gasteiger partial charge in [0.1, 0.15) is 17.2 Å². The highest BCUT2D eigenvalue weighted by Gasteiger charge is 2.34. The molecule has 0 spiro atoms. The van der Waals surface area contributed by atoms with Gasteiger partial charge in [-0.1, -0.05) is 26.8 Å². The van der Waals surface area contributed by atoms with E-state index in [-0.39, 0.29) is 24.4 Å². The Balaban J connectivity index is 2.03. The van der Waals surface area contributed by atoms with Crippen molar-refractivity contribution in [3.05, 3.63) is 35.4 Å². The van der Waals surface area contributed by atoms with Gasteiger partial charge in [0.05, 0.1) is 6.04 Å². The predicted molar refractivity (Wildman–Crippen MR) is 86.3 cm³/mol. The molecule has 7 heteroatoms. The Morgan fingerprint density at radius 1 is 1.04 bits per heavy atom. The van der Waals surface area contributed by atoms with Crippen molar-refractivity contribution in [1.29, 1.82) is 0 Å². The van der Waals surface area contributed by atoms with Crippen LogP contribution in [0.1, 0.15) is 31.1 Å². The van der Waals surface area contributed by atoms with Gasteiger partial charge in [-0.15, -0.1) is 0 Å². The van der Waals surface area contributed by atoms with Crippen LogP contribution in [-0.2, 0) is 4.79 Å². The van der Waals surface area contributed by atoms with Crippen molar-refractivity contribution >= 4 is 11.8 Å². The number of halogens is 2. The van der Waals surface area contributed by atoms with Crippen LogP contribution in [0.5, 0.6) is 0 Å². The fourth-order valence-electron chi connectivity index (χ4n) is 2.56. The molecule has 1 fully saturated rings. The molecular weight excluding hydrogens is 316 g/mol. The lowest BCUT2D eigenvalue weighted by Gasteiger charge is -2.38. The molecule has 5 nitrogen and oxygen atoms in total. The van der Waals surface area contributed by atoms with E-state index in [4.69, 9.17) is 5.73 Å². The van der Waals surface area contributed by atoms with E-state index in [0.717, 1.165) is 12.1 Å². The fourth-order valence-corrected chi connectivity index (χ4v) is 2.56.